The molecule has 5 aromatic rings. The molecule has 3 heterocycles. The number of carbonyl (C=O) groups is 5. The smallest absolute Gasteiger partial charge is 0.312 e. The third-order valence-electron chi connectivity index (χ3n) is 9.31. The van der Waals surface area contributed by atoms with Crippen molar-refractivity contribution in [3.8, 4) is 0 Å². The molecule has 0 aliphatic carbocycles. The Balaban J connectivity index is 1.32. The number of aromatic nitrogens is 3. The Labute approximate surface area is 331 Å². The van der Waals surface area contributed by atoms with Crippen LogP contribution < -0.4 is 27.0 Å². The lowest BCUT2D eigenvalue weighted by Gasteiger charge is -2.30. The number of aromatic amines is 2. The number of fused-ring (bicyclic) bond motifs is 2. The summed E-state index contributed by atoms with van der Waals surface area (Å²) in [6.07, 6.45) is 8.67. The van der Waals surface area contributed by atoms with Gasteiger partial charge in [0.05, 0.1) is 19.6 Å². The van der Waals surface area contributed by atoms with E-state index in [2.05, 4.69) is 48.8 Å². The van der Waals surface area contributed by atoms with Crippen LogP contribution in [0.1, 0.15) is 29.5 Å². The van der Waals surface area contributed by atoms with Crippen molar-refractivity contribution in [2.45, 2.75) is 38.3 Å². The third-order valence-corrected chi connectivity index (χ3v) is 9.54. The number of para-hydroxylation sites is 2. The molecule has 0 radical (unpaired) electrons. The van der Waals surface area contributed by atoms with Gasteiger partial charge in [-0.3, -0.25) is 24.2 Å². The minimum Gasteiger partial charge on any atom is -0.361 e. The van der Waals surface area contributed by atoms with Gasteiger partial charge in [-0.25, -0.2) is 4.79 Å². The predicted molar refractivity (Wildman–Crippen MR) is 219 cm³/mol. The van der Waals surface area contributed by atoms with Crippen LogP contribution in [0.2, 0.25) is 0 Å². The fourth-order valence-corrected chi connectivity index (χ4v) is 6.61. The van der Waals surface area contributed by atoms with E-state index in [4.69, 9.17) is 5.73 Å². The monoisotopic (exact) mass is 782 g/mol. The molecule has 0 aliphatic rings. The maximum absolute atomic E-state index is 14.5. The molecule has 1 unspecified atom stereocenters. The van der Waals surface area contributed by atoms with Gasteiger partial charge in [-0.1, -0.05) is 42.5 Å². The summed E-state index contributed by atoms with van der Waals surface area (Å²) < 4.78 is 0. The number of carbonyl (C=O) groups excluding carboxylic acids is 5. The molecule has 3 aromatic heterocycles. The van der Waals surface area contributed by atoms with Crippen molar-refractivity contribution in [1.82, 2.24) is 46.0 Å². The molecule has 5 rings (SSSR count). The zero-order chi connectivity index (χ0) is 39.7. The number of hydrogen-bond acceptors (Lipinski definition) is 8. The standard InChI is InChI=1S/C40H50N10O5S/c41-40(55)45-16-6-12-35(48-36(51)24-43-17-13-29-22-46-33-10-3-1-8-31(29)33)39(54)49(19-14-30-23-47-34-11-4-2-9-32(30)34)27-38(53)50(26-37(52)44-18-20-56)25-28-7-5-15-42-21-28/h1-5,7-11,15,21-23,35,43,46-47,56H,6,12-14,16-20,24-27H2,(H,44,52)(H,48,51)(H3,41,45,55). The molecule has 16 heteroatoms. The van der Waals surface area contributed by atoms with Crippen LogP contribution in [0.5, 0.6) is 0 Å². The van der Waals surface area contributed by atoms with E-state index in [9.17, 15) is 24.0 Å². The molecule has 0 fully saturated rings. The van der Waals surface area contributed by atoms with E-state index >= 15 is 0 Å². The number of rotatable bonds is 22. The van der Waals surface area contributed by atoms with Gasteiger partial charge in [0.25, 0.3) is 0 Å². The topological polar surface area (TPSA) is 210 Å². The Hall–Kier alpha value is -5.87. The van der Waals surface area contributed by atoms with Crippen LogP contribution in [0, 0.1) is 0 Å². The Kier molecular flexibility index (Phi) is 15.7. The zero-order valence-electron chi connectivity index (χ0n) is 31.3. The molecule has 0 bridgehead atoms. The highest BCUT2D eigenvalue weighted by Gasteiger charge is 2.29. The minimum absolute atomic E-state index is 0.0414. The number of H-pyrrole nitrogens is 2. The predicted octanol–water partition coefficient (Wildman–Crippen LogP) is 2.26. The second kappa shape index (κ2) is 21.3. The highest BCUT2D eigenvalue weighted by molar-refractivity contribution is 7.80. The van der Waals surface area contributed by atoms with Gasteiger partial charge in [0.1, 0.15) is 6.04 Å². The zero-order valence-corrected chi connectivity index (χ0v) is 32.2. The first-order chi connectivity index (χ1) is 27.2. The molecule has 8 N–H and O–H groups in total. The van der Waals surface area contributed by atoms with Gasteiger partial charge >= 0.3 is 6.03 Å². The van der Waals surface area contributed by atoms with E-state index in [0.717, 1.165) is 32.9 Å². The van der Waals surface area contributed by atoms with Crippen molar-refractivity contribution in [2.75, 3.05) is 51.6 Å². The molecule has 6 amide bonds. The number of thiol groups is 1. The number of nitrogens with one attached hydrogen (secondary N) is 6. The summed E-state index contributed by atoms with van der Waals surface area (Å²) in [5, 5.41) is 13.4. The Morgan fingerprint density at radius 3 is 2.14 bits per heavy atom. The molecule has 0 spiro atoms. The molecule has 0 aliphatic heterocycles. The summed E-state index contributed by atoms with van der Waals surface area (Å²) in [5.74, 6) is -1.25. The normalized spacial score (nSPS) is 11.6. The van der Waals surface area contributed by atoms with Crippen LogP contribution in [0.3, 0.4) is 0 Å². The van der Waals surface area contributed by atoms with Gasteiger partial charge in [-0.15, -0.1) is 0 Å². The second-order valence-corrected chi connectivity index (χ2v) is 13.8. The lowest BCUT2D eigenvalue weighted by atomic mass is 10.1. The number of nitrogens with two attached hydrogens (primary N) is 1. The maximum atomic E-state index is 14.5. The molecule has 15 nitrogen and oxygen atoms in total. The third kappa shape index (κ3) is 12.3. The van der Waals surface area contributed by atoms with Crippen molar-refractivity contribution >= 4 is 64.1 Å². The van der Waals surface area contributed by atoms with Crippen LogP contribution in [0.4, 0.5) is 4.79 Å². The SMILES string of the molecule is NC(=O)NCCCC(NC(=O)CNCCc1c[nH]c2ccccc12)C(=O)N(CCc1c[nH]c2ccccc12)CC(=O)N(CC(=O)NCCS)Cc1cccnc1. The summed E-state index contributed by atoms with van der Waals surface area (Å²) in [6.45, 7) is 0.645. The maximum Gasteiger partial charge on any atom is 0.312 e. The van der Waals surface area contributed by atoms with E-state index in [1.807, 2.05) is 60.9 Å². The fraction of sp³-hybridized carbons (Fsp3) is 0.350. The van der Waals surface area contributed by atoms with Crippen LogP contribution in [-0.4, -0.2) is 112 Å². The number of hydrogen-bond donors (Lipinski definition) is 8. The largest absolute Gasteiger partial charge is 0.361 e. The Bertz CT molecular complexity index is 2070. The molecule has 56 heavy (non-hydrogen) atoms. The lowest BCUT2D eigenvalue weighted by Crippen LogP contribution is -2.54. The van der Waals surface area contributed by atoms with Crippen LogP contribution >= 0.6 is 12.6 Å². The quantitative estimate of drug-likeness (QED) is 0.0388. The summed E-state index contributed by atoms with van der Waals surface area (Å²) in [5.41, 5.74) is 10.0. The minimum atomic E-state index is -1.02. The number of amides is 6. The summed E-state index contributed by atoms with van der Waals surface area (Å²) in [4.78, 5) is 79.7. The van der Waals surface area contributed by atoms with Gasteiger partial charge in [-0.2, -0.15) is 12.6 Å². The first kappa shape index (κ1) is 41.3. The summed E-state index contributed by atoms with van der Waals surface area (Å²) in [7, 11) is 0. The Morgan fingerprint density at radius 1 is 0.786 bits per heavy atom. The van der Waals surface area contributed by atoms with Gasteiger partial charge in [0, 0.05) is 78.5 Å². The summed E-state index contributed by atoms with van der Waals surface area (Å²) in [6, 6.07) is 17.6. The number of nitrogens with zero attached hydrogens (tertiary/aromatic N) is 3. The number of primary amides is 1. The average Bonchev–Trinajstić information content (AvgIpc) is 3.82. The molecule has 1 atom stereocenters. The van der Waals surface area contributed by atoms with E-state index in [1.54, 1.807) is 24.5 Å². The van der Waals surface area contributed by atoms with E-state index in [1.165, 1.54) is 9.80 Å². The van der Waals surface area contributed by atoms with Crippen LogP contribution in [0.25, 0.3) is 21.8 Å². The highest BCUT2D eigenvalue weighted by Crippen LogP contribution is 2.20. The van der Waals surface area contributed by atoms with Crippen LogP contribution in [-0.2, 0) is 38.6 Å². The first-order valence-corrected chi connectivity index (χ1v) is 19.3. The van der Waals surface area contributed by atoms with Crippen molar-refractivity contribution in [3.63, 3.8) is 0 Å². The first-order valence-electron chi connectivity index (χ1n) is 18.7. The molecule has 0 saturated carbocycles. The second-order valence-electron chi connectivity index (χ2n) is 13.4. The molecule has 0 saturated heterocycles. The molecular weight excluding hydrogens is 733 g/mol. The van der Waals surface area contributed by atoms with Crippen LogP contribution in [0.15, 0.2) is 85.5 Å². The van der Waals surface area contributed by atoms with E-state index < -0.39 is 29.8 Å². The van der Waals surface area contributed by atoms with Gasteiger partial charge < -0.3 is 46.8 Å². The van der Waals surface area contributed by atoms with Crippen molar-refractivity contribution in [1.29, 1.82) is 0 Å². The van der Waals surface area contributed by atoms with E-state index in [-0.39, 0.29) is 51.6 Å². The average molecular weight is 783 g/mol. The van der Waals surface area contributed by atoms with Gasteiger partial charge in [0.2, 0.25) is 23.6 Å². The van der Waals surface area contributed by atoms with E-state index in [0.29, 0.717) is 43.7 Å². The number of pyridine rings is 1. The van der Waals surface area contributed by atoms with Gasteiger partial charge in [-0.05, 0) is 67.1 Å². The molecule has 2 aromatic carbocycles. The number of urea groups is 1. The Morgan fingerprint density at radius 2 is 1.48 bits per heavy atom. The number of benzene rings is 2. The molecule has 296 valence electrons. The summed E-state index contributed by atoms with van der Waals surface area (Å²) >= 11 is 4.16. The lowest BCUT2D eigenvalue weighted by molar-refractivity contribution is -0.144. The van der Waals surface area contributed by atoms with Gasteiger partial charge in [0.15, 0.2) is 0 Å². The fourth-order valence-electron chi connectivity index (χ4n) is 6.50. The van der Waals surface area contributed by atoms with Crippen molar-refractivity contribution in [3.05, 3.63) is 102 Å². The highest BCUT2D eigenvalue weighted by atomic mass is 32.1. The molecular formula is C40H50N10O5S. The van der Waals surface area contributed by atoms with Crippen molar-refractivity contribution in [2.24, 2.45) is 5.73 Å². The van der Waals surface area contributed by atoms with Crippen molar-refractivity contribution < 1.29 is 24.0 Å².